The average molecular weight is 593 g/mol. The molecule has 1 unspecified atom stereocenters. The zero-order valence-electron chi connectivity index (χ0n) is 22.4. The predicted molar refractivity (Wildman–Crippen MR) is 147 cm³/mol. The maximum atomic E-state index is 15.1. The first-order valence-corrected chi connectivity index (χ1v) is 13.6. The number of halogens is 3. The number of esters is 1. The van der Waals surface area contributed by atoms with Crippen LogP contribution in [0.3, 0.4) is 0 Å². The summed E-state index contributed by atoms with van der Waals surface area (Å²) in [5, 5.41) is -0.00907. The number of carbonyl (C=O) groups is 2. The Morgan fingerprint density at radius 2 is 1.75 bits per heavy atom. The number of nitrogens with zero attached hydrogens (tertiary/aromatic N) is 1. The van der Waals surface area contributed by atoms with Gasteiger partial charge in [0.05, 0.1) is 37.0 Å². The van der Waals surface area contributed by atoms with Crippen LogP contribution in [0.5, 0.6) is 5.75 Å². The molecule has 1 heterocycles. The van der Waals surface area contributed by atoms with E-state index in [0.717, 1.165) is 5.56 Å². The second kappa shape index (κ2) is 11.4. The molecule has 0 spiro atoms. The van der Waals surface area contributed by atoms with E-state index in [1.807, 2.05) is 6.07 Å². The van der Waals surface area contributed by atoms with Gasteiger partial charge in [-0.15, -0.1) is 0 Å². The SMILES string of the molecule is COC(=O)c1cc(Cl)c(OC)c(S(=O)Nc2cc(-c3cccc4c3CN(C(=O)OC(C)(C)C)C4)c(F)cc2F)c1. The van der Waals surface area contributed by atoms with Crippen molar-refractivity contribution < 1.29 is 36.8 Å². The Labute approximate surface area is 237 Å². The number of hydrogen-bond donors (Lipinski definition) is 1. The normalized spacial score (nSPS) is 13.4. The number of ether oxygens (including phenoxy) is 3. The van der Waals surface area contributed by atoms with Crippen LogP contribution in [0.1, 0.15) is 42.3 Å². The molecule has 0 aliphatic carbocycles. The smallest absolute Gasteiger partial charge is 0.410 e. The summed E-state index contributed by atoms with van der Waals surface area (Å²) in [6.07, 6.45) is -0.506. The zero-order chi connectivity index (χ0) is 29.4. The molecule has 40 heavy (non-hydrogen) atoms. The van der Waals surface area contributed by atoms with Crippen molar-refractivity contribution in [2.24, 2.45) is 0 Å². The maximum absolute atomic E-state index is 15.1. The van der Waals surface area contributed by atoms with Crippen LogP contribution >= 0.6 is 11.6 Å². The van der Waals surface area contributed by atoms with E-state index in [1.54, 1.807) is 32.9 Å². The Morgan fingerprint density at radius 1 is 1.02 bits per heavy atom. The number of anilines is 1. The summed E-state index contributed by atoms with van der Waals surface area (Å²) in [4.78, 5) is 26.1. The van der Waals surface area contributed by atoms with Gasteiger partial charge in [-0.2, -0.15) is 0 Å². The molecule has 1 amide bonds. The lowest BCUT2D eigenvalue weighted by Gasteiger charge is -2.24. The van der Waals surface area contributed by atoms with Crippen molar-refractivity contribution in [3.8, 4) is 16.9 Å². The summed E-state index contributed by atoms with van der Waals surface area (Å²) in [6, 6.07) is 9.63. The number of fused-ring (bicyclic) bond motifs is 1. The molecule has 4 rings (SSSR count). The standard InChI is InChI=1S/C28H27ClF2N2O6S/c1-28(2,3)39-27(35)33-13-15-7-6-8-17(19(15)14-33)18-11-23(22(31)12-21(18)30)32-40(36)24-10-16(26(34)38-5)9-20(29)25(24)37-4/h6-12,32H,13-14H2,1-5H3. The summed E-state index contributed by atoms with van der Waals surface area (Å²) >= 11 is 6.21. The fourth-order valence-corrected chi connectivity index (χ4v) is 5.67. The molecule has 0 radical (unpaired) electrons. The topological polar surface area (TPSA) is 94.2 Å². The first-order chi connectivity index (χ1) is 18.8. The average Bonchev–Trinajstić information content (AvgIpc) is 3.33. The first-order valence-electron chi connectivity index (χ1n) is 12.0. The van der Waals surface area contributed by atoms with E-state index >= 15 is 4.39 Å². The molecule has 1 N–H and O–H groups in total. The lowest BCUT2D eigenvalue weighted by molar-refractivity contribution is 0.0241. The minimum atomic E-state index is -2.19. The Hall–Kier alpha value is -3.70. The summed E-state index contributed by atoms with van der Waals surface area (Å²) in [7, 11) is 0.290. The van der Waals surface area contributed by atoms with E-state index in [-0.39, 0.29) is 45.6 Å². The van der Waals surface area contributed by atoms with Crippen molar-refractivity contribution >= 4 is 40.3 Å². The van der Waals surface area contributed by atoms with E-state index in [9.17, 15) is 18.2 Å². The molecule has 1 aliphatic rings. The third-order valence-corrected chi connectivity index (χ3v) is 7.41. The summed E-state index contributed by atoms with van der Waals surface area (Å²) in [5.41, 5.74) is 1.02. The molecule has 0 saturated heterocycles. The lowest BCUT2D eigenvalue weighted by Crippen LogP contribution is -2.33. The van der Waals surface area contributed by atoms with Crippen LogP contribution in [0, 0.1) is 11.6 Å². The largest absolute Gasteiger partial charge is 0.494 e. The quantitative estimate of drug-likeness (QED) is 0.330. The van der Waals surface area contributed by atoms with E-state index < -0.39 is 40.3 Å². The molecule has 0 fully saturated rings. The molecule has 0 bridgehead atoms. The predicted octanol–water partition coefficient (Wildman–Crippen LogP) is 6.47. The van der Waals surface area contributed by atoms with Gasteiger partial charge < -0.3 is 14.2 Å². The maximum Gasteiger partial charge on any atom is 0.410 e. The third-order valence-electron chi connectivity index (χ3n) is 6.02. The Balaban J connectivity index is 1.69. The minimum Gasteiger partial charge on any atom is -0.494 e. The summed E-state index contributed by atoms with van der Waals surface area (Å²) in [6.45, 7) is 5.73. The third kappa shape index (κ3) is 6.05. The van der Waals surface area contributed by atoms with Gasteiger partial charge in [-0.05, 0) is 55.7 Å². The van der Waals surface area contributed by atoms with Crippen molar-refractivity contribution in [3.63, 3.8) is 0 Å². The van der Waals surface area contributed by atoms with Gasteiger partial charge in [-0.1, -0.05) is 29.8 Å². The van der Waals surface area contributed by atoms with Crippen LogP contribution in [0.2, 0.25) is 5.02 Å². The van der Waals surface area contributed by atoms with Crippen molar-refractivity contribution in [3.05, 3.63) is 75.8 Å². The van der Waals surface area contributed by atoms with Crippen LogP contribution in [0.15, 0.2) is 47.4 Å². The van der Waals surface area contributed by atoms with E-state index in [0.29, 0.717) is 17.2 Å². The first kappa shape index (κ1) is 29.3. The number of rotatable bonds is 6. The highest BCUT2D eigenvalue weighted by Crippen LogP contribution is 2.38. The number of carbonyl (C=O) groups excluding carboxylic acids is 2. The molecule has 1 atom stereocenters. The molecular weight excluding hydrogens is 566 g/mol. The monoisotopic (exact) mass is 592 g/mol. The molecule has 8 nitrogen and oxygen atoms in total. The van der Waals surface area contributed by atoms with Gasteiger partial charge in [0.1, 0.15) is 22.1 Å². The van der Waals surface area contributed by atoms with Crippen molar-refractivity contribution in [2.75, 3.05) is 18.9 Å². The van der Waals surface area contributed by atoms with Crippen LogP contribution < -0.4 is 9.46 Å². The molecule has 212 valence electrons. The number of methoxy groups -OCH3 is 2. The van der Waals surface area contributed by atoms with Crippen LogP contribution in [0.4, 0.5) is 19.3 Å². The number of benzene rings is 3. The molecule has 3 aromatic rings. The van der Waals surface area contributed by atoms with Gasteiger partial charge >= 0.3 is 12.1 Å². The van der Waals surface area contributed by atoms with Gasteiger partial charge in [0.15, 0.2) is 16.7 Å². The van der Waals surface area contributed by atoms with Crippen molar-refractivity contribution in [2.45, 2.75) is 44.4 Å². The molecular formula is C28H27ClF2N2O6S. The highest BCUT2D eigenvalue weighted by Gasteiger charge is 2.30. The van der Waals surface area contributed by atoms with Crippen LogP contribution in [-0.2, 0) is 33.5 Å². The summed E-state index contributed by atoms with van der Waals surface area (Å²) < 4.78 is 61.3. The van der Waals surface area contributed by atoms with E-state index in [2.05, 4.69) is 4.72 Å². The minimum absolute atomic E-state index is 0.00556. The van der Waals surface area contributed by atoms with Crippen molar-refractivity contribution in [1.29, 1.82) is 0 Å². The second-order valence-electron chi connectivity index (χ2n) is 9.94. The van der Waals surface area contributed by atoms with E-state index in [1.165, 1.54) is 37.3 Å². The van der Waals surface area contributed by atoms with Crippen molar-refractivity contribution in [1.82, 2.24) is 4.90 Å². The number of hydrogen-bond acceptors (Lipinski definition) is 6. The fourth-order valence-electron chi connectivity index (χ4n) is 4.26. The van der Waals surface area contributed by atoms with Gasteiger partial charge in [-0.3, -0.25) is 9.62 Å². The molecule has 1 aliphatic heterocycles. The Morgan fingerprint density at radius 3 is 2.40 bits per heavy atom. The molecule has 12 heteroatoms. The van der Waals surface area contributed by atoms with Crippen LogP contribution in [0.25, 0.3) is 11.1 Å². The number of amides is 1. The zero-order valence-corrected chi connectivity index (χ0v) is 24.0. The highest BCUT2D eigenvalue weighted by atomic mass is 35.5. The highest BCUT2D eigenvalue weighted by molar-refractivity contribution is 7.86. The molecule has 0 saturated carbocycles. The number of nitrogens with one attached hydrogen (secondary N) is 1. The van der Waals surface area contributed by atoms with Gasteiger partial charge in [0.2, 0.25) is 0 Å². The van der Waals surface area contributed by atoms with Gasteiger partial charge in [0, 0.05) is 18.2 Å². The summed E-state index contributed by atoms with van der Waals surface area (Å²) in [5.74, 6) is -2.56. The fraction of sp³-hybridized carbons (Fsp3) is 0.286. The molecule has 3 aromatic carbocycles. The Bertz CT molecular complexity index is 1530. The van der Waals surface area contributed by atoms with Crippen LogP contribution in [-0.4, -0.2) is 41.0 Å². The Kier molecular flexibility index (Phi) is 8.36. The van der Waals surface area contributed by atoms with Gasteiger partial charge in [-0.25, -0.2) is 22.6 Å². The molecule has 0 aromatic heterocycles. The lowest BCUT2D eigenvalue weighted by atomic mass is 9.96. The van der Waals surface area contributed by atoms with E-state index in [4.69, 9.17) is 25.8 Å². The second-order valence-corrected chi connectivity index (χ2v) is 11.5. The van der Waals surface area contributed by atoms with Gasteiger partial charge in [0.25, 0.3) is 0 Å².